The van der Waals surface area contributed by atoms with Gasteiger partial charge in [0.15, 0.2) is 9.84 Å². The van der Waals surface area contributed by atoms with Crippen LogP contribution >= 0.6 is 0 Å². The summed E-state index contributed by atoms with van der Waals surface area (Å²) in [5.74, 6) is -1.23. The summed E-state index contributed by atoms with van der Waals surface area (Å²) in [6.45, 7) is 2.00. The van der Waals surface area contributed by atoms with Gasteiger partial charge in [-0.1, -0.05) is 18.2 Å². The number of para-hydroxylation sites is 1. The van der Waals surface area contributed by atoms with Gasteiger partial charge in [-0.15, -0.1) is 0 Å². The minimum absolute atomic E-state index is 0.0605. The molecule has 1 N–H and O–H groups in total. The van der Waals surface area contributed by atoms with Crippen molar-refractivity contribution in [3.05, 3.63) is 30.3 Å². The van der Waals surface area contributed by atoms with Crippen molar-refractivity contribution in [1.29, 1.82) is 5.26 Å². The monoisotopic (exact) mass is 434 g/mol. The van der Waals surface area contributed by atoms with Gasteiger partial charge in [0, 0.05) is 38.2 Å². The van der Waals surface area contributed by atoms with Crippen molar-refractivity contribution in [2.24, 2.45) is 0 Å². The topological polar surface area (TPSA) is 128 Å². The number of nitrogens with one attached hydrogen (secondary N) is 1. The summed E-state index contributed by atoms with van der Waals surface area (Å²) in [5.41, 5.74) is 0.654. The molecule has 2 rings (SSSR count). The molecule has 1 aromatic rings. The van der Waals surface area contributed by atoms with Crippen LogP contribution in [0.1, 0.15) is 26.2 Å². The molecule has 1 fully saturated rings. The second-order valence-electron chi connectivity index (χ2n) is 7.06. The number of amides is 3. The molecule has 0 aliphatic carbocycles. The lowest BCUT2D eigenvalue weighted by atomic mass is 10.2. The highest BCUT2D eigenvalue weighted by Gasteiger charge is 2.28. The number of hydrogen-bond acceptors (Lipinski definition) is 6. The summed E-state index contributed by atoms with van der Waals surface area (Å²) in [7, 11) is -3.10. The molecular formula is C20H26N4O5S. The van der Waals surface area contributed by atoms with Crippen molar-refractivity contribution in [3.8, 4) is 6.07 Å². The number of nitrogens with zero attached hydrogens (tertiary/aromatic N) is 3. The molecule has 0 spiro atoms. The van der Waals surface area contributed by atoms with Crippen LogP contribution in [0.15, 0.2) is 30.3 Å². The number of anilines is 1. The van der Waals surface area contributed by atoms with Crippen molar-refractivity contribution in [2.45, 2.75) is 32.2 Å². The fourth-order valence-corrected chi connectivity index (χ4v) is 4.31. The van der Waals surface area contributed by atoms with Crippen LogP contribution in [0.3, 0.4) is 0 Å². The highest BCUT2D eigenvalue weighted by molar-refractivity contribution is 7.91. The summed E-state index contributed by atoms with van der Waals surface area (Å²) in [5, 5.41) is 11.4. The quantitative estimate of drug-likeness (QED) is 0.634. The Morgan fingerprint density at radius 3 is 2.40 bits per heavy atom. The van der Waals surface area contributed by atoms with Crippen LogP contribution in [-0.4, -0.2) is 68.2 Å². The average molecular weight is 435 g/mol. The smallest absolute Gasteiger partial charge is 0.244 e. The Labute approximate surface area is 176 Å². The molecule has 0 bridgehead atoms. The molecule has 3 amide bonds. The zero-order chi connectivity index (χ0) is 22.1. The number of benzene rings is 1. The zero-order valence-corrected chi connectivity index (χ0v) is 17.7. The maximum atomic E-state index is 12.6. The first-order valence-corrected chi connectivity index (χ1v) is 11.6. The Morgan fingerprint density at radius 1 is 1.17 bits per heavy atom. The summed E-state index contributed by atoms with van der Waals surface area (Å²) >= 11 is 0. The molecule has 0 aromatic heterocycles. The van der Waals surface area contributed by atoms with Crippen LogP contribution in [0.25, 0.3) is 0 Å². The van der Waals surface area contributed by atoms with Gasteiger partial charge in [-0.25, -0.2) is 8.42 Å². The summed E-state index contributed by atoms with van der Waals surface area (Å²) in [6.07, 6.45) is 0.0136. The minimum Gasteiger partial charge on any atom is -0.345 e. The normalized spacial score (nSPS) is 16.2. The standard InChI is InChI=1S/C20H26N4O5S/c1-16(20(27)23-12-14-30(28,29)15-13-23)22-18(25)8-9-19(26)24(11-5-10-21)17-6-3-2-4-7-17/h2-4,6-7,16H,5,8-9,11-15H2,1H3,(H,22,25). The van der Waals surface area contributed by atoms with Crippen molar-refractivity contribution in [1.82, 2.24) is 10.2 Å². The number of hydrogen-bond donors (Lipinski definition) is 1. The molecule has 1 aliphatic rings. The zero-order valence-electron chi connectivity index (χ0n) is 16.9. The summed E-state index contributed by atoms with van der Waals surface area (Å²) in [4.78, 5) is 40.1. The van der Waals surface area contributed by atoms with Gasteiger partial charge >= 0.3 is 0 Å². The van der Waals surface area contributed by atoms with E-state index in [2.05, 4.69) is 5.32 Å². The maximum Gasteiger partial charge on any atom is 0.244 e. The third-order valence-corrected chi connectivity index (χ3v) is 6.40. The molecule has 30 heavy (non-hydrogen) atoms. The number of carbonyl (C=O) groups is 3. The van der Waals surface area contributed by atoms with Crippen molar-refractivity contribution in [2.75, 3.05) is 36.0 Å². The molecule has 1 heterocycles. The first-order valence-electron chi connectivity index (χ1n) is 9.74. The Bertz CT molecular complexity index is 897. The van der Waals surface area contributed by atoms with Crippen LogP contribution in [-0.2, 0) is 24.2 Å². The van der Waals surface area contributed by atoms with Crippen molar-refractivity contribution >= 4 is 33.2 Å². The maximum absolute atomic E-state index is 12.6. The van der Waals surface area contributed by atoms with Crippen LogP contribution < -0.4 is 10.2 Å². The molecule has 162 valence electrons. The second-order valence-corrected chi connectivity index (χ2v) is 9.36. The van der Waals surface area contributed by atoms with Crippen molar-refractivity contribution in [3.63, 3.8) is 0 Å². The minimum atomic E-state index is -3.10. The van der Waals surface area contributed by atoms with Gasteiger partial charge in [0.25, 0.3) is 0 Å². The Morgan fingerprint density at radius 2 is 1.80 bits per heavy atom. The van der Waals surface area contributed by atoms with E-state index in [0.29, 0.717) is 5.69 Å². The highest BCUT2D eigenvalue weighted by Crippen LogP contribution is 2.15. The highest BCUT2D eigenvalue weighted by atomic mass is 32.2. The molecule has 1 aliphatic heterocycles. The van der Waals surface area contributed by atoms with E-state index in [1.807, 2.05) is 12.1 Å². The van der Waals surface area contributed by atoms with Gasteiger partial charge in [-0.2, -0.15) is 5.26 Å². The van der Waals surface area contributed by atoms with E-state index in [1.165, 1.54) is 16.7 Å². The predicted octanol–water partition coefficient (Wildman–Crippen LogP) is 0.475. The number of nitriles is 1. The van der Waals surface area contributed by atoms with Gasteiger partial charge < -0.3 is 15.1 Å². The van der Waals surface area contributed by atoms with Gasteiger partial charge in [-0.3, -0.25) is 14.4 Å². The summed E-state index contributed by atoms with van der Waals surface area (Å²) < 4.78 is 23.0. The van der Waals surface area contributed by atoms with E-state index in [1.54, 1.807) is 24.3 Å². The Hall–Kier alpha value is -2.93. The van der Waals surface area contributed by atoms with Gasteiger partial charge in [0.1, 0.15) is 6.04 Å². The molecule has 9 nitrogen and oxygen atoms in total. The first kappa shape index (κ1) is 23.3. The van der Waals surface area contributed by atoms with Crippen molar-refractivity contribution < 1.29 is 22.8 Å². The first-order chi connectivity index (χ1) is 14.2. The average Bonchev–Trinajstić information content (AvgIpc) is 2.72. The third kappa shape index (κ3) is 6.84. The second kappa shape index (κ2) is 10.7. The van der Waals surface area contributed by atoms with E-state index in [0.717, 1.165) is 0 Å². The SMILES string of the molecule is CC(NC(=O)CCC(=O)N(CCC#N)c1ccccc1)C(=O)N1CCS(=O)(=O)CC1. The van der Waals surface area contributed by atoms with Gasteiger partial charge in [0.2, 0.25) is 17.7 Å². The number of rotatable bonds is 8. The molecule has 0 radical (unpaired) electrons. The molecule has 1 atom stereocenters. The van der Waals surface area contributed by atoms with Gasteiger partial charge in [-0.05, 0) is 19.1 Å². The van der Waals surface area contributed by atoms with Crippen LogP contribution in [0.5, 0.6) is 0 Å². The third-order valence-electron chi connectivity index (χ3n) is 4.79. The fraction of sp³-hybridized carbons (Fsp3) is 0.500. The molecule has 1 saturated heterocycles. The lowest BCUT2D eigenvalue weighted by Gasteiger charge is -2.29. The number of carbonyl (C=O) groups excluding carboxylic acids is 3. The van der Waals surface area contributed by atoms with Crippen LogP contribution in [0.4, 0.5) is 5.69 Å². The molecule has 1 unspecified atom stereocenters. The number of sulfone groups is 1. The lowest BCUT2D eigenvalue weighted by Crippen LogP contribution is -2.51. The van der Waals surface area contributed by atoms with E-state index in [9.17, 15) is 22.8 Å². The van der Waals surface area contributed by atoms with E-state index in [4.69, 9.17) is 5.26 Å². The predicted molar refractivity (Wildman–Crippen MR) is 111 cm³/mol. The fourth-order valence-electron chi connectivity index (χ4n) is 3.11. The summed E-state index contributed by atoms with van der Waals surface area (Å²) in [6, 6.07) is 10.1. The molecule has 1 aromatic carbocycles. The largest absolute Gasteiger partial charge is 0.345 e. The lowest BCUT2D eigenvalue weighted by molar-refractivity contribution is -0.135. The Kier molecular flexibility index (Phi) is 8.35. The van der Waals surface area contributed by atoms with Crippen LogP contribution in [0, 0.1) is 11.3 Å². The van der Waals surface area contributed by atoms with E-state index >= 15 is 0 Å². The van der Waals surface area contributed by atoms with Crippen LogP contribution in [0.2, 0.25) is 0 Å². The molecule has 0 saturated carbocycles. The molecular weight excluding hydrogens is 408 g/mol. The van der Waals surface area contributed by atoms with E-state index in [-0.39, 0.29) is 62.2 Å². The van der Waals surface area contributed by atoms with E-state index < -0.39 is 21.8 Å². The molecule has 10 heteroatoms. The van der Waals surface area contributed by atoms with Gasteiger partial charge in [0.05, 0.1) is 24.0 Å². The Balaban J connectivity index is 1.85.